The minimum Gasteiger partial charge on any atom is -0.481 e. The van der Waals surface area contributed by atoms with E-state index in [0.717, 1.165) is 58.8 Å². The average molecular weight is 567 g/mol. The van der Waals surface area contributed by atoms with E-state index in [2.05, 4.69) is 32.1 Å². The first kappa shape index (κ1) is 27.7. The number of nitrogens with one attached hydrogen (secondary N) is 2. The van der Waals surface area contributed by atoms with Crippen molar-refractivity contribution >= 4 is 49.1 Å². The van der Waals surface area contributed by atoms with E-state index in [1.807, 2.05) is 18.2 Å². The Morgan fingerprint density at radius 2 is 1.77 bits per heavy atom. The number of methoxy groups -OCH3 is 2. The van der Waals surface area contributed by atoms with E-state index in [9.17, 15) is 13.2 Å². The molecule has 1 aliphatic rings. The second-order valence-corrected chi connectivity index (χ2v) is 11.9. The molecule has 1 saturated heterocycles. The number of fused-ring (bicyclic) bond motifs is 3. The summed E-state index contributed by atoms with van der Waals surface area (Å²) in [7, 11) is 2.54. The van der Waals surface area contributed by atoms with E-state index in [1.165, 1.54) is 21.3 Å². The lowest BCUT2D eigenvalue weighted by Crippen LogP contribution is -2.45. The van der Waals surface area contributed by atoms with Gasteiger partial charge in [0.1, 0.15) is 5.69 Å². The Bertz CT molecular complexity index is 1650. The highest BCUT2D eigenvalue weighted by Gasteiger charge is 2.26. The number of hydrogen-bond donors (Lipinski definition) is 2. The molecule has 212 valence electrons. The molecule has 1 aliphatic heterocycles. The van der Waals surface area contributed by atoms with Gasteiger partial charge < -0.3 is 29.6 Å². The summed E-state index contributed by atoms with van der Waals surface area (Å²) in [5.41, 5.74) is 2.57. The molecule has 0 radical (unpaired) electrons. The lowest BCUT2D eigenvalue weighted by Gasteiger charge is -2.32. The van der Waals surface area contributed by atoms with E-state index in [1.54, 1.807) is 30.3 Å². The fraction of sp³-hybridized carbons (Fsp3) is 0.357. The minimum atomic E-state index is -3.93. The number of anilines is 2. The third kappa shape index (κ3) is 5.55. The SMILES string of the molecule is COc1ccc(N(C)S(=O)(=O)c2ccc3[nH]c4cc(NC(=O)CCN5CCN(C)CC5)ccc4c3c2)c(OC)n1. The molecule has 0 spiro atoms. The molecule has 0 aliphatic carbocycles. The van der Waals surface area contributed by atoms with Gasteiger partial charge in [0, 0.05) is 79.8 Å². The number of carbonyl (C=O) groups excluding carboxylic acids is 1. The number of nitrogens with zero attached hydrogens (tertiary/aromatic N) is 4. The van der Waals surface area contributed by atoms with Gasteiger partial charge in [-0.25, -0.2) is 8.42 Å². The molecule has 5 rings (SSSR count). The van der Waals surface area contributed by atoms with Gasteiger partial charge in [-0.1, -0.05) is 6.07 Å². The molecule has 0 saturated carbocycles. The van der Waals surface area contributed by atoms with Gasteiger partial charge in [0.15, 0.2) is 0 Å². The number of sulfonamides is 1. The summed E-state index contributed by atoms with van der Waals surface area (Å²) >= 11 is 0. The van der Waals surface area contributed by atoms with E-state index in [4.69, 9.17) is 9.47 Å². The number of pyridine rings is 1. The Hall–Kier alpha value is -3.87. The van der Waals surface area contributed by atoms with Crippen molar-refractivity contribution in [3.8, 4) is 11.8 Å². The number of aromatic nitrogens is 2. The first-order valence-electron chi connectivity index (χ1n) is 13.0. The molecule has 12 heteroatoms. The van der Waals surface area contributed by atoms with Crippen molar-refractivity contribution in [3.63, 3.8) is 0 Å². The number of hydrogen-bond acceptors (Lipinski definition) is 8. The monoisotopic (exact) mass is 566 g/mol. The predicted octanol–water partition coefficient (Wildman–Crippen LogP) is 3.13. The molecule has 0 atom stereocenters. The Morgan fingerprint density at radius 1 is 1.00 bits per heavy atom. The Morgan fingerprint density at radius 3 is 2.50 bits per heavy atom. The molecule has 2 N–H and O–H groups in total. The second-order valence-electron chi connectivity index (χ2n) is 9.89. The van der Waals surface area contributed by atoms with Gasteiger partial charge in [-0.05, 0) is 43.4 Å². The van der Waals surface area contributed by atoms with Gasteiger partial charge in [-0.3, -0.25) is 9.10 Å². The van der Waals surface area contributed by atoms with Crippen LogP contribution in [0.25, 0.3) is 21.8 Å². The molecule has 11 nitrogen and oxygen atoms in total. The van der Waals surface area contributed by atoms with Crippen LogP contribution in [0.4, 0.5) is 11.4 Å². The lowest BCUT2D eigenvalue weighted by molar-refractivity contribution is -0.116. The Kier molecular flexibility index (Phi) is 7.83. The van der Waals surface area contributed by atoms with Crippen molar-refractivity contribution < 1.29 is 22.7 Å². The standard InChI is InChI=1S/C28H34N6O5S/c1-32-13-15-34(16-14-32)12-11-26(35)29-19-5-7-21-22-18-20(6-8-23(22)30-24(21)17-19)40(36,37)33(2)25-9-10-27(38-3)31-28(25)39-4/h5-10,17-18,30H,11-16H2,1-4H3,(H,29,35). The van der Waals surface area contributed by atoms with E-state index in [0.29, 0.717) is 18.0 Å². The number of aromatic amines is 1. The van der Waals surface area contributed by atoms with Crippen LogP contribution < -0.4 is 19.1 Å². The zero-order valence-electron chi connectivity index (χ0n) is 23.1. The molecule has 0 bridgehead atoms. The van der Waals surface area contributed by atoms with Crippen LogP contribution in [0.15, 0.2) is 53.4 Å². The summed E-state index contributed by atoms with van der Waals surface area (Å²) in [6.45, 7) is 4.72. The quantitative estimate of drug-likeness (QED) is 0.317. The van der Waals surface area contributed by atoms with E-state index in [-0.39, 0.29) is 22.4 Å². The summed E-state index contributed by atoms with van der Waals surface area (Å²) in [6.07, 6.45) is 0.428. The van der Waals surface area contributed by atoms with Crippen LogP contribution >= 0.6 is 0 Å². The number of H-pyrrole nitrogens is 1. The van der Waals surface area contributed by atoms with Gasteiger partial charge in [0.2, 0.25) is 17.7 Å². The largest absolute Gasteiger partial charge is 0.481 e. The van der Waals surface area contributed by atoms with Crippen molar-refractivity contribution in [3.05, 3.63) is 48.5 Å². The average Bonchev–Trinajstić information content (AvgIpc) is 3.33. The summed E-state index contributed by atoms with van der Waals surface area (Å²) in [4.78, 5) is 24.9. The number of likely N-dealkylation sites (N-methyl/N-ethyl adjacent to an activating group) is 1. The van der Waals surface area contributed by atoms with Gasteiger partial charge in [-0.2, -0.15) is 4.98 Å². The smallest absolute Gasteiger partial charge is 0.264 e. The Labute approximate surface area is 233 Å². The van der Waals surface area contributed by atoms with Crippen molar-refractivity contribution in [2.75, 3.05) is 70.7 Å². The maximum atomic E-state index is 13.6. The van der Waals surface area contributed by atoms with Crippen LogP contribution in [0.3, 0.4) is 0 Å². The molecular formula is C28H34N6O5S. The minimum absolute atomic E-state index is 0.0331. The van der Waals surface area contributed by atoms with Crippen LogP contribution in [0.2, 0.25) is 0 Å². The summed E-state index contributed by atoms with van der Waals surface area (Å²) < 4.78 is 38.7. The Balaban J connectivity index is 1.35. The fourth-order valence-corrected chi connectivity index (χ4v) is 6.10. The van der Waals surface area contributed by atoms with Crippen LogP contribution in [0.5, 0.6) is 11.8 Å². The molecule has 1 fully saturated rings. The van der Waals surface area contributed by atoms with Crippen LogP contribution in [-0.2, 0) is 14.8 Å². The highest BCUT2D eigenvalue weighted by atomic mass is 32.2. The number of ether oxygens (including phenoxy) is 2. The van der Waals surface area contributed by atoms with Gasteiger partial charge in [0.25, 0.3) is 10.0 Å². The van der Waals surface area contributed by atoms with Crippen LogP contribution in [-0.4, -0.2) is 95.1 Å². The van der Waals surface area contributed by atoms with Crippen LogP contribution in [0.1, 0.15) is 6.42 Å². The van der Waals surface area contributed by atoms with Gasteiger partial charge >= 0.3 is 0 Å². The number of benzene rings is 2. The zero-order chi connectivity index (χ0) is 28.4. The fourth-order valence-electron chi connectivity index (χ4n) is 4.88. The first-order valence-corrected chi connectivity index (χ1v) is 14.5. The van der Waals surface area contributed by atoms with Crippen molar-refractivity contribution in [1.29, 1.82) is 0 Å². The number of piperazine rings is 1. The number of rotatable bonds is 9. The summed E-state index contributed by atoms with van der Waals surface area (Å²) in [5, 5.41) is 4.61. The zero-order valence-corrected chi connectivity index (χ0v) is 23.9. The normalized spacial score (nSPS) is 14.9. The highest BCUT2D eigenvalue weighted by molar-refractivity contribution is 7.92. The topological polar surface area (TPSA) is 120 Å². The second kappa shape index (κ2) is 11.3. The van der Waals surface area contributed by atoms with Crippen molar-refractivity contribution in [2.45, 2.75) is 11.3 Å². The van der Waals surface area contributed by atoms with E-state index >= 15 is 0 Å². The van der Waals surface area contributed by atoms with Crippen LogP contribution in [0, 0.1) is 0 Å². The maximum absolute atomic E-state index is 13.6. The third-order valence-corrected chi connectivity index (χ3v) is 9.09. The predicted molar refractivity (Wildman–Crippen MR) is 156 cm³/mol. The lowest BCUT2D eigenvalue weighted by atomic mass is 10.1. The summed E-state index contributed by atoms with van der Waals surface area (Å²) in [5.74, 6) is 0.420. The highest BCUT2D eigenvalue weighted by Crippen LogP contribution is 2.34. The van der Waals surface area contributed by atoms with Crippen molar-refractivity contribution in [2.24, 2.45) is 0 Å². The summed E-state index contributed by atoms with van der Waals surface area (Å²) in [6, 6.07) is 13.7. The molecule has 4 aromatic rings. The van der Waals surface area contributed by atoms with Gasteiger partial charge in [0.05, 0.1) is 19.1 Å². The van der Waals surface area contributed by atoms with Crippen molar-refractivity contribution in [1.82, 2.24) is 19.8 Å². The van der Waals surface area contributed by atoms with E-state index < -0.39 is 10.0 Å². The molecule has 40 heavy (non-hydrogen) atoms. The number of carbonyl (C=O) groups is 1. The molecule has 2 aromatic heterocycles. The molecule has 3 heterocycles. The maximum Gasteiger partial charge on any atom is 0.264 e. The third-order valence-electron chi connectivity index (χ3n) is 7.32. The number of amides is 1. The first-order chi connectivity index (χ1) is 19.2. The molecular weight excluding hydrogens is 532 g/mol. The molecule has 0 unspecified atom stereocenters. The van der Waals surface area contributed by atoms with Gasteiger partial charge in [-0.15, -0.1) is 0 Å². The molecule has 1 amide bonds. The molecule has 2 aromatic carbocycles.